The van der Waals surface area contributed by atoms with E-state index in [4.69, 9.17) is 54.1 Å². The van der Waals surface area contributed by atoms with Gasteiger partial charge in [0.05, 0.1) is 34.3 Å². The highest BCUT2D eigenvalue weighted by atomic mass is 35.5. The van der Waals surface area contributed by atoms with Crippen LogP contribution in [0.3, 0.4) is 0 Å². The van der Waals surface area contributed by atoms with E-state index < -0.39 is 0 Å². The number of hydrogen-bond donors (Lipinski definition) is 2. The number of nitrogens with zero attached hydrogens (tertiary/aromatic N) is 4. The number of amidine groups is 2. The molecule has 10 nitrogen and oxygen atoms in total. The molecule has 0 radical (unpaired) electrons. The maximum Gasteiger partial charge on any atom is 0.185 e. The number of aromatic nitrogens is 2. The van der Waals surface area contributed by atoms with Gasteiger partial charge in [-0.3, -0.25) is 29.5 Å². The van der Waals surface area contributed by atoms with E-state index in [-0.39, 0.29) is 35.5 Å². The molecule has 4 aliphatic rings. The van der Waals surface area contributed by atoms with E-state index in [2.05, 4.69) is 9.97 Å². The minimum atomic E-state index is -0.333. The second-order valence-electron chi connectivity index (χ2n) is 12.9. The van der Waals surface area contributed by atoms with Crippen LogP contribution in [-0.4, -0.2) is 56.6 Å². The summed E-state index contributed by atoms with van der Waals surface area (Å²) in [5, 5.41) is 2.27. The van der Waals surface area contributed by atoms with E-state index in [0.717, 1.165) is 70.9 Å². The number of pyridine rings is 2. The molecule has 4 N–H and O–H groups in total. The molecule has 2 unspecified atom stereocenters. The topological polar surface area (TPSA) is 155 Å². The van der Waals surface area contributed by atoms with Crippen LogP contribution in [-0.2, 0) is 23.9 Å². The first-order chi connectivity index (χ1) is 25.1. The molecule has 2 atom stereocenters. The van der Waals surface area contributed by atoms with Gasteiger partial charge in [0.15, 0.2) is 21.9 Å². The number of Topliss-reactive ketones (excluding diaryl/α,β-unsaturated/α-hetero) is 2. The lowest BCUT2D eigenvalue weighted by atomic mass is 9.81. The molecular weight excluding hydrogens is 739 g/mol. The van der Waals surface area contributed by atoms with Crippen molar-refractivity contribution in [1.82, 2.24) is 9.97 Å². The van der Waals surface area contributed by atoms with E-state index in [1.807, 2.05) is 36.4 Å². The Labute approximate surface area is 320 Å². The van der Waals surface area contributed by atoms with Crippen LogP contribution >= 0.6 is 46.7 Å². The molecule has 2 spiro atoms. The second-order valence-corrected chi connectivity index (χ2v) is 16.0. The van der Waals surface area contributed by atoms with Gasteiger partial charge >= 0.3 is 0 Å². The summed E-state index contributed by atoms with van der Waals surface area (Å²) < 4.78 is 11.6. The van der Waals surface area contributed by atoms with Gasteiger partial charge in [-0.15, -0.1) is 0 Å². The molecule has 0 saturated heterocycles. The fourth-order valence-electron chi connectivity index (χ4n) is 6.91. The first kappa shape index (κ1) is 36.3. The zero-order chi connectivity index (χ0) is 36.3. The normalized spacial score (nSPS) is 21.7. The highest BCUT2D eigenvalue weighted by molar-refractivity contribution is 8.14. The SMILES string of the molecule is NC1=NC2(CCOc3ccc(CC(=O)c4ccc(Cl)cn4)cc32)CCS1.NC1=NC2(CCOc3ccc(CC(=O)c4ccc(Cl)cn4)cc32)CCS1. The lowest BCUT2D eigenvalue weighted by molar-refractivity contribution is 0.0980. The fourth-order valence-corrected chi connectivity index (χ4v) is 8.91. The monoisotopic (exact) mass is 774 g/mol. The number of thioether (sulfide) groups is 2. The summed E-state index contributed by atoms with van der Waals surface area (Å²) >= 11 is 14.9. The predicted octanol–water partition coefficient (Wildman–Crippen LogP) is 7.18. The van der Waals surface area contributed by atoms with Gasteiger partial charge < -0.3 is 20.9 Å². The molecule has 2 aromatic heterocycles. The van der Waals surface area contributed by atoms with Crippen molar-refractivity contribution < 1.29 is 19.1 Å². The number of nitrogens with two attached hydrogens (primary N) is 2. The zero-order valence-electron chi connectivity index (χ0n) is 28.1. The number of halogens is 2. The molecule has 4 aromatic rings. The highest BCUT2D eigenvalue weighted by Crippen LogP contribution is 2.47. The van der Waals surface area contributed by atoms with E-state index in [1.54, 1.807) is 47.8 Å². The Hall–Kier alpha value is -4.10. The number of carbonyl (C=O) groups excluding carboxylic acids is 2. The van der Waals surface area contributed by atoms with E-state index in [9.17, 15) is 9.59 Å². The summed E-state index contributed by atoms with van der Waals surface area (Å²) in [7, 11) is 0. The van der Waals surface area contributed by atoms with Crippen molar-refractivity contribution in [3.05, 3.63) is 117 Å². The van der Waals surface area contributed by atoms with Crippen molar-refractivity contribution in [2.75, 3.05) is 24.7 Å². The maximum atomic E-state index is 12.5. The van der Waals surface area contributed by atoms with Crippen LogP contribution in [0.25, 0.3) is 0 Å². The summed E-state index contributed by atoms with van der Waals surface area (Å²) in [6.07, 6.45) is 6.96. The lowest BCUT2D eigenvalue weighted by Gasteiger charge is -2.38. The van der Waals surface area contributed by atoms with E-state index in [1.165, 1.54) is 12.4 Å². The highest BCUT2D eigenvalue weighted by Gasteiger charge is 2.41. The standard InChI is InChI=1S/2C19H18ClN3O2S/c2*20-13-2-3-15(22-11-13)16(24)10-12-1-4-17-14(9-12)19(5-7-25-17)6-8-26-18(21)23-19/h2*1-4,9,11H,5-8,10H2,(H2,21,23). The van der Waals surface area contributed by atoms with Crippen LogP contribution in [0.4, 0.5) is 0 Å². The van der Waals surface area contributed by atoms with Crippen molar-refractivity contribution in [3.8, 4) is 11.5 Å². The third kappa shape index (κ3) is 7.95. The lowest BCUT2D eigenvalue weighted by Crippen LogP contribution is -2.36. The average Bonchev–Trinajstić information content (AvgIpc) is 3.13. The Kier molecular flexibility index (Phi) is 10.8. The summed E-state index contributed by atoms with van der Waals surface area (Å²) in [4.78, 5) is 42.8. The summed E-state index contributed by atoms with van der Waals surface area (Å²) in [6, 6.07) is 18.4. The number of rotatable bonds is 6. The molecule has 0 bridgehead atoms. The summed E-state index contributed by atoms with van der Waals surface area (Å²) in [5.74, 6) is 3.45. The molecule has 52 heavy (non-hydrogen) atoms. The molecule has 8 rings (SSSR count). The molecule has 2 aromatic carbocycles. The first-order valence-corrected chi connectivity index (χ1v) is 19.6. The molecule has 0 saturated carbocycles. The van der Waals surface area contributed by atoms with Crippen molar-refractivity contribution in [1.29, 1.82) is 0 Å². The molecule has 4 aliphatic heterocycles. The van der Waals surface area contributed by atoms with Crippen molar-refractivity contribution in [3.63, 3.8) is 0 Å². The van der Waals surface area contributed by atoms with Crippen molar-refractivity contribution in [2.24, 2.45) is 21.5 Å². The van der Waals surface area contributed by atoms with E-state index in [0.29, 0.717) is 45.0 Å². The van der Waals surface area contributed by atoms with Gasteiger partial charge in [-0.25, -0.2) is 0 Å². The quantitative estimate of drug-likeness (QED) is 0.193. The van der Waals surface area contributed by atoms with Gasteiger partial charge in [0.1, 0.15) is 22.9 Å². The van der Waals surface area contributed by atoms with E-state index >= 15 is 0 Å². The molecular formula is C38H36Cl2N6O4S2. The second kappa shape index (κ2) is 15.5. The third-order valence-electron chi connectivity index (χ3n) is 9.57. The minimum absolute atomic E-state index is 0.0467. The van der Waals surface area contributed by atoms with Crippen LogP contribution in [0, 0.1) is 0 Å². The third-order valence-corrected chi connectivity index (χ3v) is 11.6. The van der Waals surface area contributed by atoms with Crippen LogP contribution in [0.2, 0.25) is 10.0 Å². The Bertz CT molecular complexity index is 1920. The predicted molar refractivity (Wildman–Crippen MR) is 208 cm³/mol. The Balaban J connectivity index is 0.000000162. The van der Waals surface area contributed by atoms with Gasteiger partial charge in [0.2, 0.25) is 0 Å². The average molecular weight is 776 g/mol. The van der Waals surface area contributed by atoms with Crippen molar-refractivity contribution in [2.45, 2.75) is 49.6 Å². The molecule has 268 valence electrons. The van der Waals surface area contributed by atoms with Crippen LogP contribution in [0.5, 0.6) is 11.5 Å². The molecule has 6 heterocycles. The van der Waals surface area contributed by atoms with Gasteiger partial charge in [0.25, 0.3) is 0 Å². The number of ether oxygens (including phenoxy) is 2. The zero-order valence-corrected chi connectivity index (χ0v) is 31.3. The molecule has 0 aliphatic carbocycles. The van der Waals surface area contributed by atoms with Crippen LogP contribution in [0.1, 0.15) is 68.9 Å². The van der Waals surface area contributed by atoms with Crippen molar-refractivity contribution >= 4 is 68.6 Å². The molecule has 0 amide bonds. The summed E-state index contributed by atoms with van der Waals surface area (Å²) in [5.41, 5.74) is 16.1. The smallest absolute Gasteiger partial charge is 0.185 e. The van der Waals surface area contributed by atoms with Gasteiger partial charge in [-0.2, -0.15) is 0 Å². The Morgan fingerprint density at radius 3 is 1.48 bits per heavy atom. The summed E-state index contributed by atoms with van der Waals surface area (Å²) in [6.45, 7) is 1.25. The first-order valence-electron chi connectivity index (χ1n) is 16.9. The Morgan fingerprint density at radius 1 is 0.654 bits per heavy atom. The number of hydrogen-bond acceptors (Lipinski definition) is 12. The Morgan fingerprint density at radius 2 is 1.10 bits per heavy atom. The van der Waals surface area contributed by atoms with Crippen LogP contribution in [0.15, 0.2) is 83.0 Å². The maximum absolute atomic E-state index is 12.5. The molecule has 0 fully saturated rings. The van der Waals surface area contributed by atoms with Gasteiger partial charge in [-0.05, 0) is 72.5 Å². The van der Waals surface area contributed by atoms with Crippen LogP contribution < -0.4 is 20.9 Å². The number of ketones is 2. The number of carbonyl (C=O) groups is 2. The molecule has 14 heteroatoms. The number of fused-ring (bicyclic) bond motifs is 4. The van der Waals surface area contributed by atoms with Gasteiger partial charge in [-0.1, -0.05) is 58.9 Å². The number of aliphatic imine (C=N–C) groups is 2. The largest absolute Gasteiger partial charge is 0.493 e. The number of benzene rings is 2. The minimum Gasteiger partial charge on any atom is -0.493 e. The fraction of sp³-hybridized carbons (Fsp3) is 0.316. The van der Waals surface area contributed by atoms with Gasteiger partial charge in [0, 0.05) is 60.7 Å².